The summed E-state index contributed by atoms with van der Waals surface area (Å²) in [4.78, 5) is 0. The number of benzene rings is 1. The van der Waals surface area contributed by atoms with Gasteiger partial charge in [-0.15, -0.1) is 12.4 Å². The first-order chi connectivity index (χ1) is 5.75. The molecule has 1 fully saturated rings. The Morgan fingerprint density at radius 3 is 2.54 bits per heavy atom. The largest absolute Gasteiger partial charge is 0.328 e. The van der Waals surface area contributed by atoms with Crippen LogP contribution in [-0.2, 0) is 0 Å². The lowest BCUT2D eigenvalue weighted by molar-refractivity contribution is 0.351. The first kappa shape index (κ1) is 11.0. The highest BCUT2D eigenvalue weighted by Crippen LogP contribution is 2.36. The quantitative estimate of drug-likeness (QED) is 0.827. The van der Waals surface area contributed by atoms with Gasteiger partial charge < -0.3 is 5.73 Å². The fraction of sp³-hybridized carbons (Fsp3) is 0.400. The molecule has 13 heavy (non-hydrogen) atoms. The first-order valence-corrected chi connectivity index (χ1v) is 5.06. The van der Waals surface area contributed by atoms with Crippen LogP contribution in [0.2, 0.25) is 0 Å². The summed E-state index contributed by atoms with van der Waals surface area (Å²) in [5, 5.41) is 0. The molecule has 1 aromatic carbocycles. The van der Waals surface area contributed by atoms with Gasteiger partial charge in [0.1, 0.15) is 0 Å². The first-order valence-electron chi connectivity index (χ1n) is 4.27. The summed E-state index contributed by atoms with van der Waals surface area (Å²) in [7, 11) is 0. The fourth-order valence-corrected chi connectivity index (χ4v) is 2.11. The Morgan fingerprint density at radius 1 is 1.31 bits per heavy atom. The van der Waals surface area contributed by atoms with Crippen LogP contribution in [-0.4, -0.2) is 6.04 Å². The molecular formula is C10H13BrClN. The predicted octanol–water partition coefficient (Wildman–Crippen LogP) is 3.08. The summed E-state index contributed by atoms with van der Waals surface area (Å²) in [6, 6.07) is 8.96. The topological polar surface area (TPSA) is 26.0 Å². The lowest BCUT2D eigenvalue weighted by Gasteiger charge is -2.32. The Balaban J connectivity index is 0.000000845. The second-order valence-corrected chi connectivity index (χ2v) is 4.40. The number of halogens is 2. The highest BCUT2D eigenvalue weighted by atomic mass is 79.9. The van der Waals surface area contributed by atoms with E-state index in [0.717, 1.165) is 12.8 Å². The maximum Gasteiger partial charge on any atom is 0.0178 e. The SMILES string of the molecule is Cl.NC1CC(c2cccc(Br)c2)C1. The third-order valence-corrected chi connectivity index (χ3v) is 2.99. The Kier molecular flexibility index (Phi) is 3.77. The van der Waals surface area contributed by atoms with Crippen molar-refractivity contribution in [2.45, 2.75) is 24.8 Å². The van der Waals surface area contributed by atoms with Gasteiger partial charge in [0, 0.05) is 10.5 Å². The van der Waals surface area contributed by atoms with Gasteiger partial charge >= 0.3 is 0 Å². The molecule has 1 nitrogen and oxygen atoms in total. The maximum absolute atomic E-state index is 5.73. The lowest BCUT2D eigenvalue weighted by Crippen LogP contribution is -2.34. The van der Waals surface area contributed by atoms with Crippen molar-refractivity contribution in [1.82, 2.24) is 0 Å². The molecule has 3 heteroatoms. The minimum absolute atomic E-state index is 0. The van der Waals surface area contributed by atoms with Crippen LogP contribution in [0.15, 0.2) is 28.7 Å². The summed E-state index contributed by atoms with van der Waals surface area (Å²) >= 11 is 3.47. The predicted molar refractivity (Wildman–Crippen MR) is 61.3 cm³/mol. The molecule has 0 radical (unpaired) electrons. The van der Waals surface area contributed by atoms with Crippen LogP contribution in [0.1, 0.15) is 24.3 Å². The van der Waals surface area contributed by atoms with Crippen LogP contribution in [0.5, 0.6) is 0 Å². The standard InChI is InChI=1S/C10H12BrN.ClH/c11-9-3-1-2-7(4-9)8-5-10(12)6-8;/h1-4,8,10H,5-6,12H2;1H. The third kappa shape index (κ3) is 2.46. The molecule has 0 bridgehead atoms. The number of hydrogen-bond donors (Lipinski definition) is 1. The molecule has 1 aliphatic rings. The number of hydrogen-bond acceptors (Lipinski definition) is 1. The third-order valence-electron chi connectivity index (χ3n) is 2.49. The fourth-order valence-electron chi connectivity index (χ4n) is 1.69. The van der Waals surface area contributed by atoms with E-state index in [0.29, 0.717) is 12.0 Å². The van der Waals surface area contributed by atoms with Crippen molar-refractivity contribution < 1.29 is 0 Å². The van der Waals surface area contributed by atoms with Gasteiger partial charge in [0.05, 0.1) is 0 Å². The van der Waals surface area contributed by atoms with Crippen molar-refractivity contribution in [2.75, 3.05) is 0 Å². The van der Waals surface area contributed by atoms with Crippen molar-refractivity contribution in [3.05, 3.63) is 34.3 Å². The summed E-state index contributed by atoms with van der Waals surface area (Å²) < 4.78 is 1.17. The van der Waals surface area contributed by atoms with E-state index in [9.17, 15) is 0 Å². The molecule has 1 aromatic rings. The summed E-state index contributed by atoms with van der Waals surface area (Å²) in [6.07, 6.45) is 2.30. The Morgan fingerprint density at radius 2 is 2.00 bits per heavy atom. The van der Waals surface area contributed by atoms with Gasteiger partial charge in [-0.05, 0) is 36.5 Å². The van der Waals surface area contributed by atoms with Gasteiger partial charge in [0.15, 0.2) is 0 Å². The van der Waals surface area contributed by atoms with E-state index in [1.807, 2.05) is 0 Å². The van der Waals surface area contributed by atoms with Gasteiger partial charge in [0.2, 0.25) is 0 Å². The second-order valence-electron chi connectivity index (χ2n) is 3.48. The second kappa shape index (κ2) is 4.45. The van der Waals surface area contributed by atoms with Crippen molar-refractivity contribution >= 4 is 28.3 Å². The summed E-state index contributed by atoms with van der Waals surface area (Å²) in [5.74, 6) is 0.706. The van der Waals surface area contributed by atoms with Crippen LogP contribution >= 0.6 is 28.3 Å². The Bertz CT molecular complexity index is 284. The summed E-state index contributed by atoms with van der Waals surface area (Å²) in [6.45, 7) is 0. The van der Waals surface area contributed by atoms with E-state index in [2.05, 4.69) is 40.2 Å². The van der Waals surface area contributed by atoms with Gasteiger partial charge in [-0.3, -0.25) is 0 Å². The molecule has 1 aliphatic carbocycles. The molecule has 0 heterocycles. The zero-order valence-corrected chi connectivity index (χ0v) is 9.64. The number of rotatable bonds is 1. The molecule has 2 rings (SSSR count). The molecule has 0 spiro atoms. The Hall–Kier alpha value is -0.0500. The molecule has 0 saturated heterocycles. The molecule has 0 aromatic heterocycles. The minimum atomic E-state index is 0. The highest BCUT2D eigenvalue weighted by molar-refractivity contribution is 9.10. The van der Waals surface area contributed by atoms with E-state index < -0.39 is 0 Å². The molecule has 0 aliphatic heterocycles. The van der Waals surface area contributed by atoms with E-state index in [1.165, 1.54) is 10.0 Å². The molecule has 0 atom stereocenters. The lowest BCUT2D eigenvalue weighted by atomic mass is 9.76. The molecule has 0 unspecified atom stereocenters. The van der Waals surface area contributed by atoms with E-state index >= 15 is 0 Å². The smallest absolute Gasteiger partial charge is 0.0178 e. The normalized spacial score (nSPS) is 26.0. The van der Waals surface area contributed by atoms with E-state index in [1.54, 1.807) is 0 Å². The van der Waals surface area contributed by atoms with Crippen molar-refractivity contribution in [1.29, 1.82) is 0 Å². The van der Waals surface area contributed by atoms with Gasteiger partial charge in [0.25, 0.3) is 0 Å². The van der Waals surface area contributed by atoms with Gasteiger partial charge in [-0.25, -0.2) is 0 Å². The van der Waals surface area contributed by atoms with E-state index in [4.69, 9.17) is 5.73 Å². The average Bonchev–Trinajstić information content (AvgIpc) is 1.99. The molecule has 2 N–H and O–H groups in total. The molecular weight excluding hydrogens is 249 g/mol. The van der Waals surface area contributed by atoms with Crippen LogP contribution in [0.4, 0.5) is 0 Å². The van der Waals surface area contributed by atoms with Crippen molar-refractivity contribution in [2.24, 2.45) is 5.73 Å². The zero-order chi connectivity index (χ0) is 8.55. The van der Waals surface area contributed by atoms with E-state index in [-0.39, 0.29) is 12.4 Å². The molecule has 0 amide bonds. The average molecular weight is 263 g/mol. The highest BCUT2D eigenvalue weighted by Gasteiger charge is 2.26. The van der Waals surface area contributed by atoms with Crippen molar-refractivity contribution in [3.63, 3.8) is 0 Å². The van der Waals surface area contributed by atoms with Crippen LogP contribution in [0, 0.1) is 0 Å². The van der Waals surface area contributed by atoms with Crippen LogP contribution in [0.3, 0.4) is 0 Å². The minimum Gasteiger partial charge on any atom is -0.328 e. The van der Waals surface area contributed by atoms with Gasteiger partial charge in [-0.2, -0.15) is 0 Å². The number of nitrogens with two attached hydrogens (primary N) is 1. The maximum atomic E-state index is 5.73. The van der Waals surface area contributed by atoms with Crippen LogP contribution in [0.25, 0.3) is 0 Å². The molecule has 1 saturated carbocycles. The monoisotopic (exact) mass is 261 g/mol. The zero-order valence-electron chi connectivity index (χ0n) is 7.24. The van der Waals surface area contributed by atoms with Crippen molar-refractivity contribution in [3.8, 4) is 0 Å². The van der Waals surface area contributed by atoms with Gasteiger partial charge in [-0.1, -0.05) is 28.1 Å². The summed E-state index contributed by atoms with van der Waals surface area (Å²) in [5.41, 5.74) is 7.15. The Labute approximate surface area is 93.2 Å². The van der Waals surface area contributed by atoms with Crippen LogP contribution < -0.4 is 5.73 Å². The molecule has 72 valence electrons.